The van der Waals surface area contributed by atoms with E-state index in [0.717, 1.165) is 31.2 Å². The van der Waals surface area contributed by atoms with Crippen molar-refractivity contribution in [2.24, 2.45) is 0 Å². The largest absolute Gasteiger partial charge is 0.322 e. The van der Waals surface area contributed by atoms with Crippen LogP contribution in [0.1, 0.15) is 37.7 Å². The van der Waals surface area contributed by atoms with Gasteiger partial charge in [-0.05, 0) is 54.8 Å². The second kappa shape index (κ2) is 8.10. The van der Waals surface area contributed by atoms with Crippen molar-refractivity contribution >= 4 is 11.7 Å². The summed E-state index contributed by atoms with van der Waals surface area (Å²) in [6.07, 6.45) is 5.35. The molecule has 1 saturated carbocycles. The lowest BCUT2D eigenvalue weighted by molar-refractivity contribution is 0.163. The molecule has 3 rings (SSSR count). The molecular formula is C20H22F2N2O. The van der Waals surface area contributed by atoms with Gasteiger partial charge in [-0.3, -0.25) is 0 Å². The fourth-order valence-electron chi connectivity index (χ4n) is 3.27. The highest BCUT2D eigenvalue weighted by Gasteiger charge is 2.25. The fraction of sp³-hybridized carbons (Fsp3) is 0.350. The number of hydrogen-bond acceptors (Lipinski definition) is 1. The molecule has 0 atom stereocenters. The van der Waals surface area contributed by atoms with Crippen LogP contribution in [0.3, 0.4) is 0 Å². The van der Waals surface area contributed by atoms with E-state index in [9.17, 15) is 13.6 Å². The van der Waals surface area contributed by atoms with Gasteiger partial charge in [-0.1, -0.05) is 31.4 Å². The van der Waals surface area contributed by atoms with E-state index in [1.165, 1.54) is 30.7 Å². The molecular weight excluding hydrogens is 322 g/mol. The summed E-state index contributed by atoms with van der Waals surface area (Å²) in [5.74, 6) is -0.628. The van der Waals surface area contributed by atoms with Crippen molar-refractivity contribution in [1.29, 1.82) is 0 Å². The molecule has 0 spiro atoms. The molecule has 1 aliphatic carbocycles. The molecule has 0 radical (unpaired) electrons. The van der Waals surface area contributed by atoms with Gasteiger partial charge >= 0.3 is 6.03 Å². The summed E-state index contributed by atoms with van der Waals surface area (Å²) < 4.78 is 26.2. The Hall–Kier alpha value is -2.43. The molecule has 0 aromatic heterocycles. The van der Waals surface area contributed by atoms with Gasteiger partial charge in [0, 0.05) is 18.3 Å². The summed E-state index contributed by atoms with van der Waals surface area (Å²) in [4.78, 5) is 14.6. The average molecular weight is 344 g/mol. The number of benzene rings is 2. The lowest BCUT2D eigenvalue weighted by Gasteiger charge is -2.34. The highest BCUT2D eigenvalue weighted by atomic mass is 19.1. The van der Waals surface area contributed by atoms with Gasteiger partial charge in [0.1, 0.15) is 11.6 Å². The first-order valence-electron chi connectivity index (χ1n) is 8.69. The second-order valence-corrected chi connectivity index (χ2v) is 6.48. The summed E-state index contributed by atoms with van der Waals surface area (Å²) in [6, 6.07) is 11.9. The van der Waals surface area contributed by atoms with Crippen molar-refractivity contribution in [2.75, 3.05) is 5.32 Å². The first-order chi connectivity index (χ1) is 12.1. The Kier molecular flexibility index (Phi) is 5.64. The van der Waals surface area contributed by atoms with Gasteiger partial charge in [0.05, 0.1) is 0 Å². The SMILES string of the molecule is O=C(Nc1ccc(F)cc1)N(Cc1ccc(F)cc1)C1CCCCC1. The standard InChI is InChI=1S/C20H22F2N2O/c21-16-8-6-15(7-9-16)14-24(19-4-2-1-3-5-19)20(25)23-18-12-10-17(22)11-13-18/h6-13,19H,1-5,14H2,(H,23,25). The van der Waals surface area contributed by atoms with Gasteiger partial charge in [-0.2, -0.15) is 0 Å². The van der Waals surface area contributed by atoms with Crippen molar-refractivity contribution in [3.8, 4) is 0 Å². The van der Waals surface area contributed by atoms with Crippen molar-refractivity contribution in [1.82, 2.24) is 4.90 Å². The lowest BCUT2D eigenvalue weighted by Crippen LogP contribution is -2.43. The predicted molar refractivity (Wildman–Crippen MR) is 94.2 cm³/mol. The van der Waals surface area contributed by atoms with Crippen LogP contribution in [0.15, 0.2) is 48.5 Å². The lowest BCUT2D eigenvalue weighted by atomic mass is 9.94. The molecule has 2 aromatic rings. The van der Waals surface area contributed by atoms with Crippen LogP contribution in [0.4, 0.5) is 19.3 Å². The predicted octanol–water partition coefficient (Wildman–Crippen LogP) is 5.33. The molecule has 0 aliphatic heterocycles. The monoisotopic (exact) mass is 344 g/mol. The van der Waals surface area contributed by atoms with Crippen molar-refractivity contribution < 1.29 is 13.6 Å². The van der Waals surface area contributed by atoms with Crippen LogP contribution >= 0.6 is 0 Å². The van der Waals surface area contributed by atoms with Crippen LogP contribution in [-0.2, 0) is 6.54 Å². The number of nitrogens with zero attached hydrogens (tertiary/aromatic N) is 1. The number of carbonyl (C=O) groups excluding carboxylic acids is 1. The third-order valence-electron chi connectivity index (χ3n) is 4.64. The number of urea groups is 1. The minimum absolute atomic E-state index is 0.166. The molecule has 0 unspecified atom stereocenters. The van der Waals surface area contributed by atoms with Crippen molar-refractivity contribution in [3.05, 3.63) is 65.7 Å². The molecule has 1 fully saturated rings. The Bertz CT molecular complexity index is 695. The molecule has 1 aliphatic rings. The van der Waals surface area contributed by atoms with E-state index in [1.807, 2.05) is 4.90 Å². The third-order valence-corrected chi connectivity index (χ3v) is 4.64. The van der Waals surface area contributed by atoms with Crippen LogP contribution in [0, 0.1) is 11.6 Å². The number of carbonyl (C=O) groups is 1. The average Bonchev–Trinajstić information content (AvgIpc) is 2.64. The van der Waals surface area contributed by atoms with Gasteiger partial charge < -0.3 is 10.2 Å². The summed E-state index contributed by atoms with van der Waals surface area (Å²) in [5, 5.41) is 2.84. The highest BCUT2D eigenvalue weighted by molar-refractivity contribution is 5.89. The number of amides is 2. The topological polar surface area (TPSA) is 32.3 Å². The Balaban J connectivity index is 1.75. The van der Waals surface area contributed by atoms with Crippen LogP contribution in [-0.4, -0.2) is 17.0 Å². The maximum absolute atomic E-state index is 13.1. The quantitative estimate of drug-likeness (QED) is 0.798. The van der Waals surface area contributed by atoms with E-state index in [0.29, 0.717) is 12.2 Å². The maximum atomic E-state index is 13.1. The molecule has 25 heavy (non-hydrogen) atoms. The van der Waals surface area contributed by atoms with E-state index in [-0.39, 0.29) is 23.7 Å². The maximum Gasteiger partial charge on any atom is 0.322 e. The Morgan fingerprint density at radius 1 is 0.920 bits per heavy atom. The number of anilines is 1. The van der Waals surface area contributed by atoms with E-state index in [4.69, 9.17) is 0 Å². The first-order valence-corrected chi connectivity index (χ1v) is 8.69. The molecule has 0 bridgehead atoms. The van der Waals surface area contributed by atoms with Crippen LogP contribution in [0.25, 0.3) is 0 Å². The third kappa shape index (κ3) is 4.78. The van der Waals surface area contributed by atoms with E-state index in [2.05, 4.69) is 5.32 Å². The Labute approximate surface area is 146 Å². The molecule has 2 aromatic carbocycles. The Morgan fingerprint density at radius 2 is 1.48 bits per heavy atom. The van der Waals surface area contributed by atoms with Crippen LogP contribution in [0.5, 0.6) is 0 Å². The number of rotatable bonds is 4. The van der Waals surface area contributed by atoms with Gasteiger partial charge in [-0.15, -0.1) is 0 Å². The molecule has 2 amide bonds. The second-order valence-electron chi connectivity index (χ2n) is 6.48. The summed E-state index contributed by atoms with van der Waals surface area (Å²) >= 11 is 0. The smallest absolute Gasteiger partial charge is 0.317 e. The van der Waals surface area contributed by atoms with Crippen molar-refractivity contribution in [3.63, 3.8) is 0 Å². The fourth-order valence-corrected chi connectivity index (χ4v) is 3.27. The van der Waals surface area contributed by atoms with Crippen LogP contribution < -0.4 is 5.32 Å². The minimum atomic E-state index is -0.339. The number of nitrogens with one attached hydrogen (secondary N) is 1. The van der Waals surface area contributed by atoms with Gasteiger partial charge in [0.15, 0.2) is 0 Å². The summed E-state index contributed by atoms with van der Waals surface area (Å²) in [5.41, 5.74) is 1.45. The van der Waals surface area contributed by atoms with Gasteiger partial charge in [0.2, 0.25) is 0 Å². The molecule has 0 heterocycles. The zero-order valence-electron chi connectivity index (χ0n) is 14.1. The number of hydrogen-bond donors (Lipinski definition) is 1. The first kappa shape index (κ1) is 17.4. The molecule has 3 nitrogen and oxygen atoms in total. The normalized spacial score (nSPS) is 15.0. The van der Waals surface area contributed by atoms with E-state index < -0.39 is 0 Å². The van der Waals surface area contributed by atoms with Crippen LogP contribution in [0.2, 0.25) is 0 Å². The zero-order chi connectivity index (χ0) is 17.6. The molecule has 1 N–H and O–H groups in total. The van der Waals surface area contributed by atoms with E-state index in [1.54, 1.807) is 24.3 Å². The number of halogens is 2. The summed E-state index contributed by atoms with van der Waals surface area (Å²) in [6.45, 7) is 0.429. The van der Waals surface area contributed by atoms with Gasteiger partial charge in [-0.25, -0.2) is 13.6 Å². The minimum Gasteiger partial charge on any atom is -0.317 e. The molecule has 5 heteroatoms. The molecule has 0 saturated heterocycles. The zero-order valence-corrected chi connectivity index (χ0v) is 14.1. The van der Waals surface area contributed by atoms with Crippen molar-refractivity contribution in [2.45, 2.75) is 44.7 Å². The molecule has 132 valence electrons. The highest BCUT2D eigenvalue weighted by Crippen LogP contribution is 2.25. The van der Waals surface area contributed by atoms with E-state index >= 15 is 0 Å². The summed E-state index contributed by atoms with van der Waals surface area (Å²) in [7, 11) is 0. The Morgan fingerprint density at radius 3 is 2.08 bits per heavy atom. The van der Waals surface area contributed by atoms with Gasteiger partial charge in [0.25, 0.3) is 0 Å².